The molecule has 17 heavy (non-hydrogen) atoms. The summed E-state index contributed by atoms with van der Waals surface area (Å²) >= 11 is 0. The maximum atomic E-state index is 12.0. The van der Waals surface area contributed by atoms with Crippen LogP contribution in [0.5, 0.6) is 0 Å². The van der Waals surface area contributed by atoms with E-state index >= 15 is 0 Å². The van der Waals surface area contributed by atoms with E-state index in [9.17, 15) is 4.79 Å². The summed E-state index contributed by atoms with van der Waals surface area (Å²) in [6.45, 7) is 3.79. The Balaban J connectivity index is 2.43. The maximum Gasteiger partial charge on any atom is 0.251 e. The third-order valence-electron chi connectivity index (χ3n) is 2.83. The van der Waals surface area contributed by atoms with Gasteiger partial charge in [0.1, 0.15) is 0 Å². The van der Waals surface area contributed by atoms with Crippen LogP contribution in [0, 0.1) is 5.41 Å². The summed E-state index contributed by atoms with van der Waals surface area (Å²) in [6.07, 6.45) is 3.82. The molecule has 3 nitrogen and oxygen atoms in total. The first-order valence-electron chi connectivity index (χ1n) is 5.62. The fraction of sp³-hybridized carbons (Fsp3) is 0.286. The average Bonchev–Trinajstić information content (AvgIpc) is 2.42. The van der Waals surface area contributed by atoms with Crippen molar-refractivity contribution < 1.29 is 4.79 Å². The summed E-state index contributed by atoms with van der Waals surface area (Å²) in [5, 5.41) is 5.76. The number of nitrogens with zero attached hydrogens (tertiary/aromatic N) is 2. The Labute approximate surface area is 101 Å². The third kappa shape index (κ3) is 2.28. The molecule has 1 aromatic rings. The molecule has 1 aliphatic heterocycles. The molecule has 0 saturated heterocycles. The van der Waals surface area contributed by atoms with Crippen molar-refractivity contribution in [3.8, 4) is 0 Å². The lowest BCUT2D eigenvalue weighted by Crippen LogP contribution is -2.33. The first kappa shape index (κ1) is 11.6. The van der Waals surface area contributed by atoms with E-state index in [4.69, 9.17) is 0 Å². The molecule has 88 valence electrons. The molecule has 0 aliphatic carbocycles. The van der Waals surface area contributed by atoms with Crippen LogP contribution in [-0.4, -0.2) is 23.7 Å². The van der Waals surface area contributed by atoms with Crippen LogP contribution in [0.25, 0.3) is 0 Å². The van der Waals surface area contributed by atoms with Crippen molar-refractivity contribution in [2.24, 2.45) is 10.5 Å². The zero-order chi connectivity index (χ0) is 12.5. The topological polar surface area (TPSA) is 32.7 Å². The summed E-state index contributed by atoms with van der Waals surface area (Å²) < 4.78 is 0. The molecule has 0 atom stereocenters. The van der Waals surface area contributed by atoms with Gasteiger partial charge in [0.25, 0.3) is 5.91 Å². The molecular formula is C14H16N2O. The standard InChI is InChI=1S/C14H16N2O/c1-14(2)10-9-12(15-16(3)13(14)17)11-7-5-4-6-8-11/h4-10H,1-3H3. The van der Waals surface area contributed by atoms with Crippen molar-refractivity contribution in [2.75, 3.05) is 7.05 Å². The quantitative estimate of drug-likeness (QED) is 0.726. The number of rotatable bonds is 1. The number of benzene rings is 1. The Kier molecular flexibility index (Phi) is 2.84. The first-order valence-corrected chi connectivity index (χ1v) is 5.62. The monoisotopic (exact) mass is 228 g/mol. The van der Waals surface area contributed by atoms with Gasteiger partial charge < -0.3 is 0 Å². The summed E-state index contributed by atoms with van der Waals surface area (Å²) in [7, 11) is 1.69. The number of allylic oxidation sites excluding steroid dienone is 1. The molecule has 0 bridgehead atoms. The second kappa shape index (κ2) is 4.17. The fourth-order valence-corrected chi connectivity index (χ4v) is 1.78. The van der Waals surface area contributed by atoms with Gasteiger partial charge in [0.2, 0.25) is 0 Å². The SMILES string of the molecule is CN1N=C(c2ccccc2)C=CC(C)(C)C1=O. The highest BCUT2D eigenvalue weighted by molar-refractivity contribution is 6.10. The van der Waals surface area contributed by atoms with E-state index in [1.807, 2.05) is 56.3 Å². The molecule has 2 rings (SSSR count). The molecule has 1 amide bonds. The molecule has 1 aromatic carbocycles. The third-order valence-corrected chi connectivity index (χ3v) is 2.83. The Morgan fingerprint density at radius 1 is 1.18 bits per heavy atom. The molecule has 0 saturated carbocycles. The number of hydrogen-bond acceptors (Lipinski definition) is 2. The van der Waals surface area contributed by atoms with Crippen LogP contribution in [-0.2, 0) is 4.79 Å². The van der Waals surface area contributed by atoms with Gasteiger partial charge in [-0.1, -0.05) is 36.4 Å². The molecular weight excluding hydrogens is 212 g/mol. The number of carbonyl (C=O) groups excluding carboxylic acids is 1. The molecule has 0 N–H and O–H groups in total. The summed E-state index contributed by atoms with van der Waals surface area (Å²) in [4.78, 5) is 12.0. The van der Waals surface area contributed by atoms with E-state index in [-0.39, 0.29) is 5.91 Å². The zero-order valence-electron chi connectivity index (χ0n) is 10.3. The maximum absolute atomic E-state index is 12.0. The van der Waals surface area contributed by atoms with Gasteiger partial charge >= 0.3 is 0 Å². The van der Waals surface area contributed by atoms with Gasteiger partial charge in [0, 0.05) is 12.6 Å². The van der Waals surface area contributed by atoms with Crippen LogP contribution in [0.4, 0.5) is 0 Å². The molecule has 0 radical (unpaired) electrons. The van der Waals surface area contributed by atoms with E-state index in [1.54, 1.807) is 7.05 Å². The lowest BCUT2D eigenvalue weighted by molar-refractivity contribution is -0.136. The van der Waals surface area contributed by atoms with Gasteiger partial charge in [0.05, 0.1) is 11.1 Å². The van der Waals surface area contributed by atoms with Gasteiger partial charge in [-0.2, -0.15) is 5.10 Å². The Hall–Kier alpha value is -1.90. The van der Waals surface area contributed by atoms with Crippen LogP contribution >= 0.6 is 0 Å². The molecule has 0 aromatic heterocycles. The molecule has 0 fully saturated rings. The van der Waals surface area contributed by atoms with Crippen LogP contribution in [0.1, 0.15) is 19.4 Å². The van der Waals surface area contributed by atoms with Gasteiger partial charge in [-0.05, 0) is 19.9 Å². The van der Waals surface area contributed by atoms with E-state index in [2.05, 4.69) is 5.10 Å². The fourth-order valence-electron chi connectivity index (χ4n) is 1.78. The number of hydrogen-bond donors (Lipinski definition) is 0. The van der Waals surface area contributed by atoms with E-state index in [1.165, 1.54) is 5.01 Å². The zero-order valence-corrected chi connectivity index (χ0v) is 10.3. The van der Waals surface area contributed by atoms with Crippen LogP contribution in [0.3, 0.4) is 0 Å². The number of amides is 1. The minimum absolute atomic E-state index is 0.000295. The Morgan fingerprint density at radius 3 is 2.47 bits per heavy atom. The van der Waals surface area contributed by atoms with Crippen LogP contribution < -0.4 is 0 Å². The lowest BCUT2D eigenvalue weighted by Gasteiger charge is -2.21. The second-order valence-electron chi connectivity index (χ2n) is 4.74. The van der Waals surface area contributed by atoms with Gasteiger partial charge in [-0.3, -0.25) is 4.79 Å². The average molecular weight is 228 g/mol. The van der Waals surface area contributed by atoms with Gasteiger partial charge in [-0.25, -0.2) is 5.01 Å². The summed E-state index contributed by atoms with van der Waals surface area (Å²) in [6, 6.07) is 9.86. The smallest absolute Gasteiger partial charge is 0.251 e. The van der Waals surface area contributed by atoms with Crippen molar-refractivity contribution in [2.45, 2.75) is 13.8 Å². The molecule has 1 aliphatic rings. The van der Waals surface area contributed by atoms with Crippen molar-refractivity contribution in [1.82, 2.24) is 5.01 Å². The highest BCUT2D eigenvalue weighted by atomic mass is 16.2. The predicted octanol–water partition coefficient (Wildman–Crippen LogP) is 2.45. The molecule has 3 heteroatoms. The van der Waals surface area contributed by atoms with Crippen molar-refractivity contribution in [1.29, 1.82) is 0 Å². The molecule has 0 spiro atoms. The van der Waals surface area contributed by atoms with E-state index in [0.29, 0.717) is 0 Å². The van der Waals surface area contributed by atoms with E-state index < -0.39 is 5.41 Å². The van der Waals surface area contributed by atoms with Crippen LogP contribution in [0.2, 0.25) is 0 Å². The van der Waals surface area contributed by atoms with Gasteiger partial charge in [-0.15, -0.1) is 0 Å². The second-order valence-corrected chi connectivity index (χ2v) is 4.74. The van der Waals surface area contributed by atoms with Gasteiger partial charge in [0.15, 0.2) is 0 Å². The largest absolute Gasteiger partial charge is 0.272 e. The lowest BCUT2D eigenvalue weighted by atomic mass is 9.91. The number of hydrazone groups is 1. The normalized spacial score (nSPS) is 18.9. The Morgan fingerprint density at radius 2 is 1.82 bits per heavy atom. The Bertz CT molecular complexity index is 486. The summed E-state index contributed by atoms with van der Waals surface area (Å²) in [5.41, 5.74) is 1.32. The highest BCUT2D eigenvalue weighted by Gasteiger charge is 2.29. The summed E-state index contributed by atoms with van der Waals surface area (Å²) in [5.74, 6) is -0.000295. The predicted molar refractivity (Wildman–Crippen MR) is 68.7 cm³/mol. The molecule has 1 heterocycles. The number of carbonyl (C=O) groups is 1. The van der Waals surface area contributed by atoms with Crippen molar-refractivity contribution >= 4 is 11.6 Å². The highest BCUT2D eigenvalue weighted by Crippen LogP contribution is 2.23. The van der Waals surface area contributed by atoms with Crippen LogP contribution in [0.15, 0.2) is 47.6 Å². The first-order chi connectivity index (χ1) is 8.00. The molecule has 0 unspecified atom stereocenters. The van der Waals surface area contributed by atoms with Crippen molar-refractivity contribution in [3.63, 3.8) is 0 Å². The minimum atomic E-state index is -0.505. The van der Waals surface area contributed by atoms with E-state index in [0.717, 1.165) is 11.3 Å². The van der Waals surface area contributed by atoms with Crippen molar-refractivity contribution in [3.05, 3.63) is 48.0 Å². The minimum Gasteiger partial charge on any atom is -0.272 e.